The van der Waals surface area contributed by atoms with E-state index in [2.05, 4.69) is 15.2 Å². The monoisotopic (exact) mass is 329 g/mol. The Kier molecular flexibility index (Phi) is 3.89. The molecule has 122 valence electrons. The van der Waals surface area contributed by atoms with Gasteiger partial charge in [-0.25, -0.2) is 22.7 Å². The van der Waals surface area contributed by atoms with Gasteiger partial charge in [-0.2, -0.15) is 10.1 Å². The average Bonchev–Trinajstić information content (AvgIpc) is 3.10. The number of hydrogen-bond donors (Lipinski definition) is 1. The molecule has 0 spiro atoms. The van der Waals surface area contributed by atoms with Crippen molar-refractivity contribution in [2.75, 3.05) is 31.1 Å². The highest BCUT2D eigenvalue weighted by Crippen LogP contribution is 2.21. The fourth-order valence-corrected chi connectivity index (χ4v) is 2.37. The Labute approximate surface area is 127 Å². The van der Waals surface area contributed by atoms with E-state index in [-0.39, 0.29) is 13.1 Å². The molecule has 0 aliphatic carbocycles. The standard InChI is InChI=1S/C13H11F4N5O/c14-8-5-7(9(15)11(17)10(8)16)12(23)21-1-3-22(4-2-21)13-18-6-19-20-13/h5-6H,1-4H2,(H,18,19,20). The van der Waals surface area contributed by atoms with Crippen molar-refractivity contribution in [3.63, 3.8) is 0 Å². The minimum absolute atomic E-state index is 0.194. The first-order chi connectivity index (χ1) is 11.0. The fraction of sp³-hybridized carbons (Fsp3) is 0.308. The average molecular weight is 329 g/mol. The first-order valence-corrected chi connectivity index (χ1v) is 6.71. The maximum Gasteiger partial charge on any atom is 0.257 e. The Morgan fingerprint density at radius 3 is 2.35 bits per heavy atom. The first kappa shape index (κ1) is 15.3. The number of rotatable bonds is 2. The number of anilines is 1. The van der Waals surface area contributed by atoms with E-state index in [4.69, 9.17) is 0 Å². The van der Waals surface area contributed by atoms with E-state index in [0.717, 1.165) is 0 Å². The maximum absolute atomic E-state index is 13.7. The molecule has 2 heterocycles. The maximum atomic E-state index is 13.7. The van der Waals surface area contributed by atoms with Crippen LogP contribution in [0.4, 0.5) is 23.5 Å². The third-order valence-electron chi connectivity index (χ3n) is 3.60. The van der Waals surface area contributed by atoms with E-state index in [1.807, 2.05) is 4.90 Å². The molecular formula is C13H11F4N5O. The van der Waals surface area contributed by atoms with Crippen molar-refractivity contribution in [1.82, 2.24) is 20.1 Å². The second kappa shape index (κ2) is 5.86. The molecule has 1 aliphatic heterocycles. The van der Waals surface area contributed by atoms with Crippen molar-refractivity contribution in [2.24, 2.45) is 0 Å². The molecule has 3 rings (SSSR count). The molecule has 0 atom stereocenters. The summed E-state index contributed by atoms with van der Waals surface area (Å²) in [6.07, 6.45) is 1.34. The van der Waals surface area contributed by atoms with Gasteiger partial charge in [0.1, 0.15) is 6.33 Å². The van der Waals surface area contributed by atoms with Crippen LogP contribution in [0.3, 0.4) is 0 Å². The largest absolute Gasteiger partial charge is 0.338 e. The van der Waals surface area contributed by atoms with Gasteiger partial charge in [0.25, 0.3) is 5.91 Å². The smallest absolute Gasteiger partial charge is 0.257 e. The van der Waals surface area contributed by atoms with Crippen LogP contribution in [0.5, 0.6) is 0 Å². The van der Waals surface area contributed by atoms with Crippen LogP contribution in [-0.4, -0.2) is 52.2 Å². The molecule has 6 nitrogen and oxygen atoms in total. The van der Waals surface area contributed by atoms with Gasteiger partial charge < -0.3 is 9.80 Å². The van der Waals surface area contributed by atoms with Gasteiger partial charge in [-0.15, -0.1) is 0 Å². The summed E-state index contributed by atoms with van der Waals surface area (Å²) in [6.45, 7) is 1.16. The van der Waals surface area contributed by atoms with Gasteiger partial charge in [-0.1, -0.05) is 0 Å². The number of nitrogens with one attached hydrogen (secondary N) is 1. The summed E-state index contributed by atoms with van der Waals surface area (Å²) in [6, 6.07) is 0.374. The molecule has 0 unspecified atom stereocenters. The fourth-order valence-electron chi connectivity index (χ4n) is 2.37. The number of H-pyrrole nitrogens is 1. The van der Waals surface area contributed by atoms with Gasteiger partial charge in [0.15, 0.2) is 23.3 Å². The van der Waals surface area contributed by atoms with Gasteiger partial charge in [-0.05, 0) is 6.07 Å². The van der Waals surface area contributed by atoms with Crippen LogP contribution in [0.25, 0.3) is 0 Å². The molecule has 1 saturated heterocycles. The summed E-state index contributed by atoms with van der Waals surface area (Å²) >= 11 is 0. The summed E-state index contributed by atoms with van der Waals surface area (Å²) < 4.78 is 53.1. The molecule has 2 aromatic rings. The highest BCUT2D eigenvalue weighted by molar-refractivity contribution is 5.94. The van der Waals surface area contributed by atoms with Crippen LogP contribution in [0.1, 0.15) is 10.4 Å². The van der Waals surface area contributed by atoms with Crippen molar-refractivity contribution in [3.8, 4) is 0 Å². The van der Waals surface area contributed by atoms with Gasteiger partial charge in [0, 0.05) is 26.2 Å². The lowest BCUT2D eigenvalue weighted by Gasteiger charge is -2.34. The van der Waals surface area contributed by atoms with Crippen LogP contribution in [-0.2, 0) is 0 Å². The number of hydrogen-bond acceptors (Lipinski definition) is 4. The molecule has 0 bridgehead atoms. The number of benzene rings is 1. The Hall–Kier alpha value is -2.65. The number of carbonyl (C=O) groups is 1. The highest BCUT2D eigenvalue weighted by atomic mass is 19.2. The predicted molar refractivity (Wildman–Crippen MR) is 70.8 cm³/mol. The first-order valence-electron chi connectivity index (χ1n) is 6.71. The number of carbonyl (C=O) groups excluding carboxylic acids is 1. The second-order valence-corrected chi connectivity index (χ2v) is 4.94. The molecule has 1 amide bonds. The molecule has 0 saturated carbocycles. The quantitative estimate of drug-likeness (QED) is 0.513. The molecule has 1 N–H and O–H groups in total. The van der Waals surface area contributed by atoms with Crippen molar-refractivity contribution in [3.05, 3.63) is 41.2 Å². The van der Waals surface area contributed by atoms with E-state index in [0.29, 0.717) is 25.1 Å². The summed E-state index contributed by atoms with van der Waals surface area (Å²) in [5, 5.41) is 6.38. The van der Waals surface area contributed by atoms with Gasteiger partial charge in [0.05, 0.1) is 5.56 Å². The molecule has 1 aromatic carbocycles. The summed E-state index contributed by atoms with van der Waals surface area (Å²) in [4.78, 5) is 19.2. The van der Waals surface area contributed by atoms with Crippen LogP contribution in [0, 0.1) is 23.3 Å². The summed E-state index contributed by atoms with van der Waals surface area (Å²) in [5.41, 5.74) is -0.825. The second-order valence-electron chi connectivity index (χ2n) is 4.94. The molecule has 1 aliphatic rings. The molecule has 0 radical (unpaired) electrons. The topological polar surface area (TPSA) is 65.1 Å². The van der Waals surface area contributed by atoms with Crippen molar-refractivity contribution < 1.29 is 22.4 Å². The minimum atomic E-state index is -1.99. The number of aromatic amines is 1. The number of piperazine rings is 1. The molecule has 1 fully saturated rings. The van der Waals surface area contributed by atoms with E-state index in [1.54, 1.807) is 0 Å². The minimum Gasteiger partial charge on any atom is -0.338 e. The van der Waals surface area contributed by atoms with Crippen LogP contribution >= 0.6 is 0 Å². The molecule has 1 aromatic heterocycles. The lowest BCUT2D eigenvalue weighted by molar-refractivity contribution is 0.0739. The lowest BCUT2D eigenvalue weighted by Crippen LogP contribution is -2.49. The third kappa shape index (κ3) is 2.71. The zero-order chi connectivity index (χ0) is 16.6. The van der Waals surface area contributed by atoms with E-state index >= 15 is 0 Å². The Morgan fingerprint density at radius 2 is 1.74 bits per heavy atom. The van der Waals surface area contributed by atoms with Crippen LogP contribution in [0.15, 0.2) is 12.4 Å². The Morgan fingerprint density at radius 1 is 1.04 bits per heavy atom. The van der Waals surface area contributed by atoms with E-state index < -0.39 is 34.7 Å². The van der Waals surface area contributed by atoms with Gasteiger partial charge in [0.2, 0.25) is 5.95 Å². The molecule has 10 heteroatoms. The molecule has 23 heavy (non-hydrogen) atoms. The highest BCUT2D eigenvalue weighted by Gasteiger charge is 2.28. The zero-order valence-corrected chi connectivity index (χ0v) is 11.7. The van der Waals surface area contributed by atoms with Gasteiger partial charge in [-0.3, -0.25) is 4.79 Å². The van der Waals surface area contributed by atoms with Crippen molar-refractivity contribution >= 4 is 11.9 Å². The lowest BCUT2D eigenvalue weighted by atomic mass is 10.1. The van der Waals surface area contributed by atoms with Crippen molar-refractivity contribution in [1.29, 1.82) is 0 Å². The van der Waals surface area contributed by atoms with E-state index in [9.17, 15) is 22.4 Å². The van der Waals surface area contributed by atoms with Gasteiger partial charge >= 0.3 is 0 Å². The van der Waals surface area contributed by atoms with Crippen LogP contribution in [0.2, 0.25) is 0 Å². The zero-order valence-electron chi connectivity index (χ0n) is 11.7. The van der Waals surface area contributed by atoms with Crippen molar-refractivity contribution in [2.45, 2.75) is 0 Å². The SMILES string of the molecule is O=C(c1cc(F)c(F)c(F)c1F)N1CCN(c2ncn[nH]2)CC1. The van der Waals surface area contributed by atoms with E-state index in [1.165, 1.54) is 11.2 Å². The number of amides is 1. The van der Waals surface area contributed by atoms with Crippen LogP contribution < -0.4 is 4.90 Å². The summed E-state index contributed by atoms with van der Waals surface area (Å²) in [7, 11) is 0. The third-order valence-corrected chi connectivity index (χ3v) is 3.60. The Balaban J connectivity index is 1.75. The predicted octanol–water partition coefficient (Wildman–Crippen LogP) is 1.32. The Bertz CT molecular complexity index is 728. The number of aromatic nitrogens is 3. The summed E-state index contributed by atoms with van der Waals surface area (Å²) in [5.74, 6) is -7.58. The molecular weight excluding hydrogens is 318 g/mol. The number of halogens is 4. The number of nitrogens with zero attached hydrogens (tertiary/aromatic N) is 4. The normalized spacial score (nSPS) is 15.1.